The third kappa shape index (κ3) is 5.74. The van der Waals surface area contributed by atoms with E-state index in [0.29, 0.717) is 10.7 Å². The molecule has 0 aliphatic rings. The van der Waals surface area contributed by atoms with E-state index in [1.165, 1.54) is 36.4 Å². The van der Waals surface area contributed by atoms with Gasteiger partial charge in [-0.1, -0.05) is 46.4 Å². The largest absolute Gasteiger partial charge is 0.325 e. The van der Waals surface area contributed by atoms with Gasteiger partial charge in [0.15, 0.2) is 0 Å². The molecule has 2 aromatic carbocycles. The van der Waals surface area contributed by atoms with Gasteiger partial charge in [0.1, 0.15) is 0 Å². The topological polar surface area (TPSA) is 75.3 Å². The summed E-state index contributed by atoms with van der Waals surface area (Å²) in [5, 5.41) is 3.70. The monoisotopic (exact) mass is 440 g/mol. The van der Waals surface area contributed by atoms with Crippen molar-refractivity contribution in [3.8, 4) is 0 Å². The third-order valence-electron chi connectivity index (χ3n) is 3.05. The molecule has 134 valence electrons. The summed E-state index contributed by atoms with van der Waals surface area (Å²) in [5.74, 6) is -0.431. The number of halogens is 4. The van der Waals surface area contributed by atoms with Crippen molar-refractivity contribution in [3.63, 3.8) is 0 Å². The molecule has 10 heteroatoms. The van der Waals surface area contributed by atoms with Gasteiger partial charge in [0.25, 0.3) is 0 Å². The Kier molecular flexibility index (Phi) is 6.96. The van der Waals surface area contributed by atoms with Crippen molar-refractivity contribution in [3.05, 3.63) is 56.5 Å². The quantitative estimate of drug-likeness (QED) is 0.642. The first kappa shape index (κ1) is 20.3. The maximum absolute atomic E-state index is 12.1. The van der Waals surface area contributed by atoms with Crippen LogP contribution in [-0.2, 0) is 14.8 Å². The zero-order valence-corrected chi connectivity index (χ0v) is 16.4. The maximum Gasteiger partial charge on any atom is 0.240 e. The van der Waals surface area contributed by atoms with Crippen LogP contribution in [0.2, 0.25) is 20.1 Å². The SMILES string of the molecule is O=C(CCNS(=O)(=O)c1ccc(Cl)cc1)Nc1cc(Cl)c(Cl)cc1Cl. The number of hydrogen-bond acceptors (Lipinski definition) is 3. The molecule has 2 rings (SSSR count). The summed E-state index contributed by atoms with van der Waals surface area (Å²) in [7, 11) is -3.72. The lowest BCUT2D eigenvalue weighted by Gasteiger charge is -2.10. The summed E-state index contributed by atoms with van der Waals surface area (Å²) in [5.41, 5.74) is 0.293. The highest BCUT2D eigenvalue weighted by Crippen LogP contribution is 2.32. The van der Waals surface area contributed by atoms with Crippen molar-refractivity contribution in [1.29, 1.82) is 0 Å². The molecule has 0 saturated heterocycles. The Morgan fingerprint density at radius 2 is 1.52 bits per heavy atom. The van der Waals surface area contributed by atoms with Crippen molar-refractivity contribution in [2.24, 2.45) is 0 Å². The molecule has 1 amide bonds. The number of hydrogen-bond donors (Lipinski definition) is 2. The van der Waals surface area contributed by atoms with E-state index >= 15 is 0 Å². The van der Waals surface area contributed by atoms with Crippen LogP contribution in [-0.4, -0.2) is 20.9 Å². The van der Waals surface area contributed by atoms with E-state index in [4.69, 9.17) is 46.4 Å². The van der Waals surface area contributed by atoms with Gasteiger partial charge in [-0.05, 0) is 36.4 Å². The third-order valence-corrected chi connectivity index (χ3v) is 5.82. The van der Waals surface area contributed by atoms with Gasteiger partial charge in [0.2, 0.25) is 15.9 Å². The Morgan fingerprint density at radius 1 is 0.920 bits per heavy atom. The van der Waals surface area contributed by atoms with Crippen LogP contribution in [0.25, 0.3) is 0 Å². The molecule has 0 aromatic heterocycles. The summed E-state index contributed by atoms with van der Waals surface area (Å²) in [6, 6.07) is 8.51. The van der Waals surface area contributed by atoms with Gasteiger partial charge in [-0.25, -0.2) is 13.1 Å². The molecule has 0 bridgehead atoms. The fraction of sp³-hybridized carbons (Fsp3) is 0.133. The van der Waals surface area contributed by atoms with Crippen LogP contribution in [0.5, 0.6) is 0 Å². The summed E-state index contributed by atoms with van der Waals surface area (Å²) in [6.45, 7) is -0.0876. The van der Waals surface area contributed by atoms with Crippen LogP contribution in [0.15, 0.2) is 41.3 Å². The first-order valence-electron chi connectivity index (χ1n) is 6.88. The van der Waals surface area contributed by atoms with E-state index in [9.17, 15) is 13.2 Å². The number of rotatable bonds is 6. The molecule has 0 aliphatic carbocycles. The summed E-state index contributed by atoms with van der Waals surface area (Å²) >= 11 is 23.4. The lowest BCUT2D eigenvalue weighted by molar-refractivity contribution is -0.116. The van der Waals surface area contributed by atoms with Gasteiger partial charge >= 0.3 is 0 Å². The standard InChI is InChI=1S/C15H12Cl4N2O3S/c16-9-1-3-10(4-2-9)25(23,24)20-6-5-15(22)21-14-8-12(18)11(17)7-13(14)19/h1-4,7-8,20H,5-6H2,(H,21,22). The number of carbonyl (C=O) groups is 1. The molecule has 0 aliphatic heterocycles. The van der Waals surface area contributed by atoms with E-state index in [-0.39, 0.29) is 32.9 Å². The van der Waals surface area contributed by atoms with Crippen LogP contribution < -0.4 is 10.0 Å². The number of sulfonamides is 1. The van der Waals surface area contributed by atoms with Crippen LogP contribution in [0.4, 0.5) is 5.69 Å². The molecule has 0 unspecified atom stereocenters. The van der Waals surface area contributed by atoms with E-state index in [1.807, 2.05) is 0 Å². The molecule has 25 heavy (non-hydrogen) atoms. The maximum atomic E-state index is 12.1. The number of anilines is 1. The Labute approximate surface area is 165 Å². The normalized spacial score (nSPS) is 11.4. The van der Waals surface area contributed by atoms with Gasteiger partial charge in [-0.2, -0.15) is 0 Å². The molecular weight excluding hydrogens is 430 g/mol. The Morgan fingerprint density at radius 3 is 2.16 bits per heavy atom. The molecule has 5 nitrogen and oxygen atoms in total. The second kappa shape index (κ2) is 8.58. The highest BCUT2D eigenvalue weighted by molar-refractivity contribution is 7.89. The Hall–Kier alpha value is -1.02. The summed E-state index contributed by atoms with van der Waals surface area (Å²) in [4.78, 5) is 12.0. The first-order chi connectivity index (χ1) is 11.7. The minimum Gasteiger partial charge on any atom is -0.325 e. The van der Waals surface area contributed by atoms with Crippen LogP contribution in [0.3, 0.4) is 0 Å². The highest BCUT2D eigenvalue weighted by atomic mass is 35.5. The van der Waals surface area contributed by atoms with Crippen molar-refractivity contribution in [1.82, 2.24) is 4.72 Å². The van der Waals surface area contributed by atoms with Gasteiger partial charge in [0, 0.05) is 18.0 Å². The zero-order valence-electron chi connectivity index (χ0n) is 12.5. The lowest BCUT2D eigenvalue weighted by Crippen LogP contribution is -2.27. The summed E-state index contributed by atoms with van der Waals surface area (Å²) < 4.78 is 26.5. The minimum absolute atomic E-state index is 0.0600. The van der Waals surface area contributed by atoms with Gasteiger partial charge in [-0.3, -0.25) is 4.79 Å². The molecule has 0 radical (unpaired) electrons. The first-order valence-corrected chi connectivity index (χ1v) is 9.88. The predicted octanol–water partition coefficient (Wildman–Crippen LogP) is 4.61. The molecule has 0 atom stereocenters. The number of nitrogens with one attached hydrogen (secondary N) is 2. The minimum atomic E-state index is -3.72. The molecule has 0 spiro atoms. The van der Waals surface area contributed by atoms with Crippen molar-refractivity contribution in [2.75, 3.05) is 11.9 Å². The number of benzene rings is 2. The van der Waals surface area contributed by atoms with E-state index in [2.05, 4.69) is 10.0 Å². The molecule has 2 N–H and O–H groups in total. The van der Waals surface area contributed by atoms with Crippen LogP contribution in [0.1, 0.15) is 6.42 Å². The Bertz CT molecular complexity index is 886. The molecule has 2 aromatic rings. The molecular formula is C15H12Cl4N2O3S. The smallest absolute Gasteiger partial charge is 0.240 e. The average Bonchev–Trinajstić information content (AvgIpc) is 2.53. The molecule has 0 saturated carbocycles. The molecule has 0 fully saturated rings. The second-order valence-electron chi connectivity index (χ2n) is 4.90. The van der Waals surface area contributed by atoms with Crippen molar-refractivity contribution in [2.45, 2.75) is 11.3 Å². The van der Waals surface area contributed by atoms with Crippen LogP contribution >= 0.6 is 46.4 Å². The van der Waals surface area contributed by atoms with Gasteiger partial charge in [0.05, 0.1) is 25.7 Å². The van der Waals surface area contributed by atoms with Gasteiger partial charge in [-0.15, -0.1) is 0 Å². The van der Waals surface area contributed by atoms with E-state index < -0.39 is 15.9 Å². The van der Waals surface area contributed by atoms with Crippen molar-refractivity contribution >= 4 is 68.0 Å². The highest BCUT2D eigenvalue weighted by Gasteiger charge is 2.15. The van der Waals surface area contributed by atoms with Crippen LogP contribution in [0, 0.1) is 0 Å². The number of amides is 1. The average molecular weight is 442 g/mol. The predicted molar refractivity (Wildman–Crippen MR) is 101 cm³/mol. The summed E-state index contributed by atoms with van der Waals surface area (Å²) in [6.07, 6.45) is -0.0939. The fourth-order valence-corrected chi connectivity index (χ4v) is 3.58. The zero-order chi connectivity index (χ0) is 18.6. The van der Waals surface area contributed by atoms with E-state index in [0.717, 1.165) is 0 Å². The Balaban J connectivity index is 1.92. The van der Waals surface area contributed by atoms with Crippen molar-refractivity contribution < 1.29 is 13.2 Å². The second-order valence-corrected chi connectivity index (χ2v) is 8.32. The molecule has 0 heterocycles. The fourth-order valence-electron chi connectivity index (χ4n) is 1.83. The number of carbonyl (C=O) groups excluding carboxylic acids is 1. The van der Waals surface area contributed by atoms with E-state index in [1.54, 1.807) is 0 Å². The van der Waals surface area contributed by atoms with Gasteiger partial charge < -0.3 is 5.32 Å². The lowest BCUT2D eigenvalue weighted by atomic mass is 10.3.